The molecule has 0 aliphatic heterocycles. The molecule has 20 heavy (non-hydrogen) atoms. The van der Waals surface area contributed by atoms with E-state index in [9.17, 15) is 0 Å². The maximum atomic E-state index is 5.69. The van der Waals surface area contributed by atoms with E-state index in [2.05, 4.69) is 61.4 Å². The Kier molecular flexibility index (Phi) is 3.33. The molecule has 0 radical (unpaired) electrons. The molecule has 0 saturated heterocycles. The molecule has 1 aromatic heterocycles. The Balaban J connectivity index is 2.24. The van der Waals surface area contributed by atoms with E-state index in [1.807, 2.05) is 0 Å². The highest BCUT2D eigenvalue weighted by Crippen LogP contribution is 2.32. The van der Waals surface area contributed by atoms with Gasteiger partial charge >= 0.3 is 0 Å². The summed E-state index contributed by atoms with van der Waals surface area (Å²) >= 11 is 0. The molecule has 102 valence electrons. The molecule has 3 aromatic rings. The van der Waals surface area contributed by atoms with Crippen LogP contribution in [0.4, 0.5) is 0 Å². The largest absolute Gasteiger partial charge is 0.360 e. The summed E-state index contributed by atoms with van der Waals surface area (Å²) < 4.78 is 0. The number of aryl methyl sites for hydroxylation is 2. The van der Waals surface area contributed by atoms with Gasteiger partial charge in [0.15, 0.2) is 0 Å². The van der Waals surface area contributed by atoms with Crippen LogP contribution in [0.1, 0.15) is 16.7 Å². The third-order valence-corrected chi connectivity index (χ3v) is 3.90. The van der Waals surface area contributed by atoms with Crippen LogP contribution in [-0.2, 0) is 6.42 Å². The minimum atomic E-state index is 0.681. The zero-order valence-corrected chi connectivity index (χ0v) is 12.0. The average molecular weight is 264 g/mol. The van der Waals surface area contributed by atoms with Crippen molar-refractivity contribution in [3.63, 3.8) is 0 Å². The summed E-state index contributed by atoms with van der Waals surface area (Å²) in [6.07, 6.45) is 3.00. The standard InChI is InChI=1S/C18H20N2/c1-12-6-7-13(2)17(10-12)16-5-3-4-15-14(8-9-19)11-20-18(15)16/h3-7,10-11,20H,8-9,19H2,1-2H3. The van der Waals surface area contributed by atoms with E-state index in [4.69, 9.17) is 5.73 Å². The smallest absolute Gasteiger partial charge is 0.0536 e. The van der Waals surface area contributed by atoms with Crippen LogP contribution in [-0.4, -0.2) is 11.5 Å². The fraction of sp³-hybridized carbons (Fsp3) is 0.222. The van der Waals surface area contributed by atoms with Gasteiger partial charge in [-0.05, 0) is 43.5 Å². The third kappa shape index (κ3) is 2.12. The molecule has 0 aliphatic carbocycles. The monoisotopic (exact) mass is 264 g/mol. The lowest BCUT2D eigenvalue weighted by Crippen LogP contribution is -2.01. The summed E-state index contributed by atoms with van der Waals surface area (Å²) in [7, 11) is 0. The molecule has 0 fully saturated rings. The van der Waals surface area contributed by atoms with Crippen molar-refractivity contribution in [2.24, 2.45) is 5.73 Å². The molecule has 0 aliphatic rings. The molecule has 2 heteroatoms. The van der Waals surface area contributed by atoms with Crippen molar-refractivity contribution < 1.29 is 0 Å². The molecule has 2 aromatic carbocycles. The van der Waals surface area contributed by atoms with Gasteiger partial charge in [0.1, 0.15) is 0 Å². The van der Waals surface area contributed by atoms with E-state index in [-0.39, 0.29) is 0 Å². The summed E-state index contributed by atoms with van der Waals surface area (Å²) in [5, 5.41) is 1.29. The van der Waals surface area contributed by atoms with Crippen molar-refractivity contribution in [2.45, 2.75) is 20.3 Å². The molecular weight excluding hydrogens is 244 g/mol. The van der Waals surface area contributed by atoms with E-state index < -0.39 is 0 Å². The van der Waals surface area contributed by atoms with Crippen molar-refractivity contribution in [2.75, 3.05) is 6.54 Å². The maximum absolute atomic E-state index is 5.69. The molecule has 1 heterocycles. The SMILES string of the molecule is Cc1ccc(C)c(-c2cccc3c(CCN)c[nH]c23)c1. The van der Waals surface area contributed by atoms with E-state index in [1.54, 1.807) is 0 Å². The molecule has 0 amide bonds. The first-order valence-electron chi connectivity index (χ1n) is 7.07. The number of para-hydroxylation sites is 1. The number of hydrogen-bond donors (Lipinski definition) is 2. The highest BCUT2D eigenvalue weighted by Gasteiger charge is 2.10. The van der Waals surface area contributed by atoms with Crippen molar-refractivity contribution in [3.05, 3.63) is 59.3 Å². The van der Waals surface area contributed by atoms with Gasteiger partial charge in [0.2, 0.25) is 0 Å². The van der Waals surface area contributed by atoms with Gasteiger partial charge in [-0.2, -0.15) is 0 Å². The van der Waals surface area contributed by atoms with Gasteiger partial charge in [-0.15, -0.1) is 0 Å². The molecule has 0 spiro atoms. The number of aromatic nitrogens is 1. The molecule has 0 saturated carbocycles. The summed E-state index contributed by atoms with van der Waals surface area (Å²) in [6.45, 7) is 4.98. The Hall–Kier alpha value is -2.06. The number of aromatic amines is 1. The minimum absolute atomic E-state index is 0.681. The topological polar surface area (TPSA) is 41.8 Å². The van der Waals surface area contributed by atoms with Crippen LogP contribution in [0.2, 0.25) is 0 Å². The van der Waals surface area contributed by atoms with Crippen LogP contribution < -0.4 is 5.73 Å². The van der Waals surface area contributed by atoms with Gasteiger partial charge in [-0.3, -0.25) is 0 Å². The molecule has 3 rings (SSSR count). The first-order valence-corrected chi connectivity index (χ1v) is 7.07. The van der Waals surface area contributed by atoms with E-state index >= 15 is 0 Å². The van der Waals surface area contributed by atoms with Crippen molar-refractivity contribution in [1.29, 1.82) is 0 Å². The van der Waals surface area contributed by atoms with Crippen LogP contribution in [0, 0.1) is 13.8 Å². The number of rotatable bonds is 3. The number of nitrogens with two attached hydrogens (primary N) is 1. The molecule has 0 unspecified atom stereocenters. The first-order chi connectivity index (χ1) is 9.70. The number of hydrogen-bond acceptors (Lipinski definition) is 1. The van der Waals surface area contributed by atoms with Crippen molar-refractivity contribution in [3.8, 4) is 11.1 Å². The Morgan fingerprint density at radius 2 is 1.90 bits per heavy atom. The number of benzene rings is 2. The lowest BCUT2D eigenvalue weighted by atomic mass is 9.96. The Labute approximate surface area is 119 Å². The number of H-pyrrole nitrogens is 1. The zero-order valence-electron chi connectivity index (χ0n) is 12.0. The Morgan fingerprint density at radius 1 is 1.05 bits per heavy atom. The van der Waals surface area contributed by atoms with E-state index in [0.717, 1.165) is 6.42 Å². The molecule has 2 nitrogen and oxygen atoms in total. The van der Waals surface area contributed by atoms with Crippen LogP contribution in [0.15, 0.2) is 42.6 Å². The zero-order chi connectivity index (χ0) is 14.1. The van der Waals surface area contributed by atoms with Gasteiger partial charge in [0, 0.05) is 17.1 Å². The normalized spacial score (nSPS) is 11.2. The predicted molar refractivity (Wildman–Crippen MR) is 86.0 cm³/mol. The van der Waals surface area contributed by atoms with E-state index in [1.165, 1.54) is 38.7 Å². The minimum Gasteiger partial charge on any atom is -0.360 e. The van der Waals surface area contributed by atoms with Crippen LogP contribution in [0.3, 0.4) is 0 Å². The fourth-order valence-electron chi connectivity index (χ4n) is 2.83. The molecular formula is C18H20N2. The number of fused-ring (bicyclic) bond motifs is 1. The maximum Gasteiger partial charge on any atom is 0.0536 e. The predicted octanol–water partition coefficient (Wildman–Crippen LogP) is 3.95. The quantitative estimate of drug-likeness (QED) is 0.739. The molecule has 0 bridgehead atoms. The van der Waals surface area contributed by atoms with Crippen molar-refractivity contribution >= 4 is 10.9 Å². The second kappa shape index (κ2) is 5.14. The summed E-state index contributed by atoms with van der Waals surface area (Å²) in [4.78, 5) is 3.43. The van der Waals surface area contributed by atoms with Crippen LogP contribution in [0.25, 0.3) is 22.0 Å². The van der Waals surface area contributed by atoms with E-state index in [0.29, 0.717) is 6.54 Å². The van der Waals surface area contributed by atoms with Crippen molar-refractivity contribution in [1.82, 2.24) is 4.98 Å². The fourth-order valence-corrected chi connectivity index (χ4v) is 2.83. The lowest BCUT2D eigenvalue weighted by Gasteiger charge is -2.09. The van der Waals surface area contributed by atoms with Gasteiger partial charge in [-0.25, -0.2) is 0 Å². The highest BCUT2D eigenvalue weighted by atomic mass is 14.7. The Bertz CT molecular complexity index is 753. The van der Waals surface area contributed by atoms with Gasteiger partial charge in [-0.1, -0.05) is 42.0 Å². The number of nitrogens with one attached hydrogen (secondary N) is 1. The molecule has 3 N–H and O–H groups in total. The highest BCUT2D eigenvalue weighted by molar-refractivity contribution is 5.96. The first kappa shape index (κ1) is 12.9. The Morgan fingerprint density at radius 3 is 2.70 bits per heavy atom. The van der Waals surface area contributed by atoms with Gasteiger partial charge in [0.05, 0.1) is 5.52 Å². The average Bonchev–Trinajstić information content (AvgIpc) is 2.85. The summed E-state index contributed by atoms with van der Waals surface area (Å²) in [6, 6.07) is 13.1. The van der Waals surface area contributed by atoms with Gasteiger partial charge in [0.25, 0.3) is 0 Å². The summed E-state index contributed by atoms with van der Waals surface area (Å²) in [5.41, 5.74) is 13.4. The summed E-state index contributed by atoms with van der Waals surface area (Å²) in [5.74, 6) is 0. The van der Waals surface area contributed by atoms with Crippen LogP contribution in [0.5, 0.6) is 0 Å². The third-order valence-electron chi connectivity index (χ3n) is 3.90. The second-order valence-electron chi connectivity index (χ2n) is 5.40. The lowest BCUT2D eigenvalue weighted by molar-refractivity contribution is 0.976. The van der Waals surface area contributed by atoms with Crippen LogP contribution >= 0.6 is 0 Å². The molecule has 0 atom stereocenters. The second-order valence-corrected chi connectivity index (χ2v) is 5.40. The van der Waals surface area contributed by atoms with Gasteiger partial charge < -0.3 is 10.7 Å².